The smallest absolute Gasteiger partial charge is 0.257 e. The first-order chi connectivity index (χ1) is 14.5. The van der Waals surface area contributed by atoms with E-state index in [1.807, 2.05) is 38.2 Å². The third kappa shape index (κ3) is 4.44. The van der Waals surface area contributed by atoms with Gasteiger partial charge in [-0.05, 0) is 36.8 Å². The Balaban J connectivity index is 1.47. The molecule has 30 heavy (non-hydrogen) atoms. The molecular formula is C24H26FN3O2. The summed E-state index contributed by atoms with van der Waals surface area (Å²) in [6.07, 6.45) is 3.21. The topological polar surface area (TPSA) is 49.6 Å². The van der Waals surface area contributed by atoms with E-state index in [1.165, 1.54) is 6.07 Å². The zero-order valence-corrected chi connectivity index (χ0v) is 17.4. The van der Waals surface area contributed by atoms with Crippen LogP contribution in [-0.2, 0) is 25.9 Å². The fourth-order valence-corrected chi connectivity index (χ4v) is 4.01. The molecule has 3 aromatic rings. The maximum Gasteiger partial charge on any atom is 0.257 e. The van der Waals surface area contributed by atoms with Crippen LogP contribution in [0.5, 0.6) is 0 Å². The van der Waals surface area contributed by atoms with Crippen LogP contribution >= 0.6 is 0 Å². The predicted molar refractivity (Wildman–Crippen MR) is 113 cm³/mol. The van der Waals surface area contributed by atoms with Gasteiger partial charge in [-0.15, -0.1) is 0 Å². The molecule has 0 fully saturated rings. The van der Waals surface area contributed by atoms with E-state index in [0.29, 0.717) is 37.4 Å². The molecule has 0 aliphatic carbocycles. The van der Waals surface area contributed by atoms with Crippen molar-refractivity contribution in [3.8, 4) is 0 Å². The van der Waals surface area contributed by atoms with Crippen molar-refractivity contribution < 1.29 is 13.6 Å². The molecule has 4 rings (SSSR count). The van der Waals surface area contributed by atoms with Gasteiger partial charge in [0.25, 0.3) is 5.91 Å². The van der Waals surface area contributed by atoms with Gasteiger partial charge in [0, 0.05) is 63.5 Å². The number of furan rings is 1. The average molecular weight is 407 g/mol. The van der Waals surface area contributed by atoms with Gasteiger partial charge in [-0.2, -0.15) is 0 Å². The van der Waals surface area contributed by atoms with Crippen LogP contribution in [0.3, 0.4) is 0 Å². The van der Waals surface area contributed by atoms with Crippen LogP contribution in [-0.4, -0.2) is 40.8 Å². The van der Waals surface area contributed by atoms with E-state index in [2.05, 4.69) is 9.88 Å². The molecule has 0 atom stereocenters. The van der Waals surface area contributed by atoms with Gasteiger partial charge in [-0.25, -0.2) is 4.39 Å². The van der Waals surface area contributed by atoms with Crippen molar-refractivity contribution in [3.05, 3.63) is 88.4 Å². The van der Waals surface area contributed by atoms with E-state index in [1.54, 1.807) is 23.2 Å². The van der Waals surface area contributed by atoms with Crippen LogP contribution in [0.15, 0.2) is 53.1 Å². The van der Waals surface area contributed by atoms with Crippen molar-refractivity contribution in [1.29, 1.82) is 0 Å². The highest BCUT2D eigenvalue weighted by Gasteiger charge is 2.29. The number of halogens is 1. The predicted octanol–water partition coefficient (Wildman–Crippen LogP) is 4.00. The number of benzene rings is 1. The van der Waals surface area contributed by atoms with Crippen LogP contribution in [0.25, 0.3) is 0 Å². The van der Waals surface area contributed by atoms with E-state index in [-0.39, 0.29) is 11.7 Å². The van der Waals surface area contributed by atoms with Crippen molar-refractivity contribution in [2.75, 3.05) is 20.1 Å². The monoisotopic (exact) mass is 407 g/mol. The Kier molecular flexibility index (Phi) is 5.95. The van der Waals surface area contributed by atoms with Crippen LogP contribution in [0.2, 0.25) is 0 Å². The summed E-state index contributed by atoms with van der Waals surface area (Å²) < 4.78 is 19.5. The van der Waals surface area contributed by atoms with Gasteiger partial charge >= 0.3 is 0 Å². The van der Waals surface area contributed by atoms with E-state index in [9.17, 15) is 9.18 Å². The Morgan fingerprint density at radius 2 is 2.13 bits per heavy atom. The SMILES string of the molecule is Cc1oc2c(c1C(=O)N(C)CCc1ccccn1)CN(Cc1cccc(F)c1)CC2. The molecule has 0 saturated heterocycles. The lowest BCUT2D eigenvalue weighted by Crippen LogP contribution is -2.33. The Bertz CT molecular complexity index is 1030. The zero-order chi connectivity index (χ0) is 21.1. The van der Waals surface area contributed by atoms with Crippen LogP contribution in [0.4, 0.5) is 4.39 Å². The summed E-state index contributed by atoms with van der Waals surface area (Å²) in [5, 5.41) is 0. The highest BCUT2D eigenvalue weighted by Crippen LogP contribution is 2.30. The number of rotatable bonds is 6. The molecule has 0 spiro atoms. The Labute approximate surface area is 176 Å². The van der Waals surface area contributed by atoms with E-state index >= 15 is 0 Å². The van der Waals surface area contributed by atoms with Crippen molar-refractivity contribution in [2.45, 2.75) is 32.9 Å². The molecule has 2 aromatic heterocycles. The van der Waals surface area contributed by atoms with E-state index in [4.69, 9.17) is 4.42 Å². The fourth-order valence-electron chi connectivity index (χ4n) is 4.01. The van der Waals surface area contributed by atoms with Crippen molar-refractivity contribution in [2.24, 2.45) is 0 Å². The second-order valence-electron chi connectivity index (χ2n) is 7.82. The first kappa shape index (κ1) is 20.3. The highest BCUT2D eigenvalue weighted by molar-refractivity contribution is 5.96. The quantitative estimate of drug-likeness (QED) is 0.620. The minimum Gasteiger partial charge on any atom is -0.465 e. The number of carbonyl (C=O) groups is 1. The maximum absolute atomic E-state index is 13.5. The number of nitrogens with zero attached hydrogens (tertiary/aromatic N) is 3. The Hall–Kier alpha value is -2.99. The van der Waals surface area contributed by atoms with Crippen molar-refractivity contribution in [1.82, 2.24) is 14.8 Å². The Morgan fingerprint density at radius 1 is 1.27 bits per heavy atom. The molecule has 0 N–H and O–H groups in total. The molecule has 0 radical (unpaired) electrons. The van der Waals surface area contributed by atoms with Gasteiger partial charge in [-0.1, -0.05) is 18.2 Å². The van der Waals surface area contributed by atoms with Crippen LogP contribution < -0.4 is 0 Å². The second kappa shape index (κ2) is 8.79. The van der Waals surface area contributed by atoms with Gasteiger partial charge in [0.2, 0.25) is 0 Å². The molecule has 1 aromatic carbocycles. The number of likely N-dealkylation sites (N-methyl/N-ethyl adjacent to an activating group) is 1. The van der Waals surface area contributed by atoms with Gasteiger partial charge < -0.3 is 9.32 Å². The molecule has 5 nitrogen and oxygen atoms in total. The lowest BCUT2D eigenvalue weighted by molar-refractivity contribution is 0.0792. The molecule has 1 amide bonds. The molecule has 1 aliphatic heterocycles. The molecule has 0 saturated carbocycles. The first-order valence-corrected chi connectivity index (χ1v) is 10.2. The molecule has 0 unspecified atom stereocenters. The highest BCUT2D eigenvalue weighted by atomic mass is 19.1. The lowest BCUT2D eigenvalue weighted by atomic mass is 10.0. The number of carbonyl (C=O) groups excluding carboxylic acids is 1. The summed E-state index contributed by atoms with van der Waals surface area (Å²) in [6, 6.07) is 12.5. The third-order valence-corrected chi connectivity index (χ3v) is 5.59. The van der Waals surface area contributed by atoms with E-state index < -0.39 is 0 Å². The molecule has 0 bridgehead atoms. The summed E-state index contributed by atoms with van der Waals surface area (Å²) in [4.78, 5) is 21.5. The van der Waals surface area contributed by atoms with Gasteiger partial charge in [0.05, 0.1) is 5.56 Å². The number of fused-ring (bicyclic) bond motifs is 1. The number of hydrogen-bond acceptors (Lipinski definition) is 4. The summed E-state index contributed by atoms with van der Waals surface area (Å²) in [7, 11) is 1.82. The molecule has 6 heteroatoms. The number of pyridine rings is 1. The summed E-state index contributed by atoms with van der Waals surface area (Å²) in [6.45, 7) is 4.53. The molecule has 1 aliphatic rings. The Morgan fingerprint density at radius 3 is 2.90 bits per heavy atom. The number of aromatic nitrogens is 1. The minimum absolute atomic E-state index is 0.0268. The van der Waals surface area contributed by atoms with Crippen molar-refractivity contribution in [3.63, 3.8) is 0 Å². The van der Waals surface area contributed by atoms with Gasteiger partial charge in [0.1, 0.15) is 17.3 Å². The third-order valence-electron chi connectivity index (χ3n) is 5.59. The molecule has 3 heterocycles. The first-order valence-electron chi connectivity index (χ1n) is 10.2. The van der Waals surface area contributed by atoms with E-state index in [0.717, 1.165) is 35.5 Å². The maximum atomic E-state index is 13.5. The van der Waals surface area contributed by atoms with Gasteiger partial charge in [-0.3, -0.25) is 14.7 Å². The molecule has 156 valence electrons. The normalized spacial score (nSPS) is 13.8. The summed E-state index contributed by atoms with van der Waals surface area (Å²) in [5.74, 6) is 1.31. The minimum atomic E-state index is -0.227. The molecular weight excluding hydrogens is 381 g/mol. The number of amides is 1. The summed E-state index contributed by atoms with van der Waals surface area (Å²) in [5.41, 5.74) is 3.52. The average Bonchev–Trinajstić information content (AvgIpc) is 3.07. The number of hydrogen-bond donors (Lipinski definition) is 0. The lowest BCUT2D eigenvalue weighted by Gasteiger charge is -2.27. The van der Waals surface area contributed by atoms with Crippen LogP contribution in [0, 0.1) is 12.7 Å². The number of aryl methyl sites for hydroxylation is 1. The largest absolute Gasteiger partial charge is 0.465 e. The van der Waals surface area contributed by atoms with Gasteiger partial charge in [0.15, 0.2) is 0 Å². The van der Waals surface area contributed by atoms with Crippen molar-refractivity contribution >= 4 is 5.91 Å². The summed E-state index contributed by atoms with van der Waals surface area (Å²) >= 11 is 0. The zero-order valence-electron chi connectivity index (χ0n) is 17.4. The fraction of sp³-hybridized carbons (Fsp3) is 0.333. The standard InChI is InChI=1S/C24H26FN3O2/c1-17-23(24(29)27(2)12-9-20-8-3-4-11-26-20)21-16-28(13-10-22(21)30-17)15-18-6-5-7-19(25)14-18/h3-8,11,14H,9-10,12-13,15-16H2,1-2H3. The van der Waals surface area contributed by atoms with Crippen LogP contribution in [0.1, 0.15) is 38.7 Å². The second-order valence-corrected chi connectivity index (χ2v) is 7.82.